The molecule has 2 rings (SSSR count). The highest BCUT2D eigenvalue weighted by atomic mass is 19.4. The van der Waals surface area contributed by atoms with Crippen molar-refractivity contribution < 1.29 is 23.1 Å². The minimum atomic E-state index is -4.41. The van der Waals surface area contributed by atoms with Gasteiger partial charge in [-0.05, 0) is 24.2 Å². The zero-order chi connectivity index (χ0) is 16.3. The van der Waals surface area contributed by atoms with Gasteiger partial charge in [0.15, 0.2) is 0 Å². The molecule has 1 N–H and O–H groups in total. The summed E-state index contributed by atoms with van der Waals surface area (Å²) in [5.74, 6) is -1.04. The second-order valence-corrected chi connectivity index (χ2v) is 5.33. The first kappa shape index (κ1) is 16.8. The minimum absolute atomic E-state index is 0.380. The van der Waals surface area contributed by atoms with Gasteiger partial charge < -0.3 is 10.0 Å². The Hall–Kier alpha value is -1.60. The molecule has 1 aliphatic rings. The standard InChI is InChI=1S/C15H19F3N2O2/c1-2-19-7-9-20(10-8-19)13(14(21)22)11-3-5-12(6-4-11)15(16,17)18/h3-6,13H,2,7-10H2,1H3,(H,21,22). The van der Waals surface area contributed by atoms with Gasteiger partial charge in [0.1, 0.15) is 6.04 Å². The van der Waals surface area contributed by atoms with Crippen LogP contribution in [0, 0.1) is 0 Å². The molecule has 0 radical (unpaired) electrons. The Balaban J connectivity index is 2.17. The van der Waals surface area contributed by atoms with Crippen LogP contribution in [-0.2, 0) is 11.0 Å². The number of nitrogens with zero attached hydrogens (tertiary/aromatic N) is 2. The first-order valence-electron chi connectivity index (χ1n) is 7.19. The maximum absolute atomic E-state index is 12.6. The molecule has 1 heterocycles. The summed E-state index contributed by atoms with van der Waals surface area (Å²) < 4.78 is 37.8. The second-order valence-electron chi connectivity index (χ2n) is 5.33. The largest absolute Gasteiger partial charge is 0.480 e. The molecule has 22 heavy (non-hydrogen) atoms. The number of rotatable bonds is 4. The average molecular weight is 316 g/mol. The van der Waals surface area contributed by atoms with E-state index >= 15 is 0 Å². The number of piperazine rings is 1. The zero-order valence-electron chi connectivity index (χ0n) is 12.3. The molecule has 0 saturated carbocycles. The number of alkyl halides is 3. The Labute approximate surface area is 127 Å². The summed E-state index contributed by atoms with van der Waals surface area (Å²) in [6.45, 7) is 5.66. The number of aliphatic carboxylic acids is 1. The lowest BCUT2D eigenvalue weighted by Gasteiger charge is -2.37. The normalized spacial score (nSPS) is 19.1. The van der Waals surface area contributed by atoms with Crippen LogP contribution in [0.2, 0.25) is 0 Å². The van der Waals surface area contributed by atoms with Gasteiger partial charge in [0.2, 0.25) is 0 Å². The highest BCUT2D eigenvalue weighted by Crippen LogP contribution is 2.31. The molecule has 1 unspecified atom stereocenters. The summed E-state index contributed by atoms with van der Waals surface area (Å²) in [6, 6.07) is 3.49. The number of carbonyl (C=O) groups is 1. The lowest BCUT2D eigenvalue weighted by atomic mass is 10.0. The van der Waals surface area contributed by atoms with E-state index in [9.17, 15) is 23.1 Å². The van der Waals surface area contributed by atoms with E-state index in [1.807, 2.05) is 6.92 Å². The van der Waals surface area contributed by atoms with Crippen molar-refractivity contribution in [3.63, 3.8) is 0 Å². The maximum atomic E-state index is 12.6. The number of carboxylic acids is 1. The molecular weight excluding hydrogens is 297 g/mol. The van der Waals surface area contributed by atoms with Crippen molar-refractivity contribution in [1.82, 2.24) is 9.80 Å². The van der Waals surface area contributed by atoms with Crippen molar-refractivity contribution in [3.05, 3.63) is 35.4 Å². The summed E-state index contributed by atoms with van der Waals surface area (Å²) in [7, 11) is 0. The molecule has 1 atom stereocenters. The van der Waals surface area contributed by atoms with Crippen molar-refractivity contribution in [2.24, 2.45) is 0 Å². The van der Waals surface area contributed by atoms with Crippen LogP contribution in [0.5, 0.6) is 0 Å². The van der Waals surface area contributed by atoms with Crippen LogP contribution in [0.15, 0.2) is 24.3 Å². The third kappa shape index (κ3) is 3.78. The molecule has 1 aromatic rings. The Morgan fingerprint density at radius 1 is 1.18 bits per heavy atom. The first-order chi connectivity index (χ1) is 10.3. The Morgan fingerprint density at radius 3 is 2.14 bits per heavy atom. The predicted molar refractivity (Wildman–Crippen MR) is 75.5 cm³/mol. The molecule has 7 heteroatoms. The van der Waals surface area contributed by atoms with Gasteiger partial charge in [0, 0.05) is 26.2 Å². The average Bonchev–Trinajstić information content (AvgIpc) is 2.47. The van der Waals surface area contributed by atoms with Crippen LogP contribution < -0.4 is 0 Å². The summed E-state index contributed by atoms with van der Waals surface area (Å²) in [5.41, 5.74) is -0.387. The van der Waals surface area contributed by atoms with Gasteiger partial charge in [-0.25, -0.2) is 0 Å². The lowest BCUT2D eigenvalue weighted by Crippen LogP contribution is -2.49. The molecule has 1 aliphatic heterocycles. The van der Waals surface area contributed by atoms with E-state index in [1.54, 1.807) is 4.90 Å². The number of benzene rings is 1. The van der Waals surface area contributed by atoms with Crippen LogP contribution in [0.4, 0.5) is 13.2 Å². The van der Waals surface area contributed by atoms with E-state index in [-0.39, 0.29) is 0 Å². The Bertz CT molecular complexity index is 509. The molecule has 122 valence electrons. The zero-order valence-corrected chi connectivity index (χ0v) is 12.3. The second kappa shape index (κ2) is 6.66. The molecule has 4 nitrogen and oxygen atoms in total. The molecule has 0 aliphatic carbocycles. The molecule has 1 fully saturated rings. The summed E-state index contributed by atoms with van der Waals surface area (Å²) in [4.78, 5) is 15.6. The van der Waals surface area contributed by atoms with Crippen molar-refractivity contribution >= 4 is 5.97 Å². The lowest BCUT2D eigenvalue weighted by molar-refractivity contribution is -0.144. The monoisotopic (exact) mass is 316 g/mol. The maximum Gasteiger partial charge on any atom is 0.416 e. The molecule has 0 bridgehead atoms. The molecular formula is C15H19F3N2O2. The van der Waals surface area contributed by atoms with Crippen LogP contribution in [0.25, 0.3) is 0 Å². The van der Waals surface area contributed by atoms with Crippen molar-refractivity contribution in [1.29, 1.82) is 0 Å². The molecule has 0 amide bonds. The third-order valence-electron chi connectivity index (χ3n) is 4.01. The van der Waals surface area contributed by atoms with Crippen LogP contribution in [0.3, 0.4) is 0 Å². The highest BCUT2D eigenvalue weighted by Gasteiger charge is 2.33. The van der Waals surface area contributed by atoms with E-state index in [0.29, 0.717) is 18.7 Å². The smallest absolute Gasteiger partial charge is 0.416 e. The van der Waals surface area contributed by atoms with Gasteiger partial charge in [-0.1, -0.05) is 19.1 Å². The fraction of sp³-hybridized carbons (Fsp3) is 0.533. The van der Waals surface area contributed by atoms with Crippen molar-refractivity contribution in [2.75, 3.05) is 32.7 Å². The third-order valence-corrected chi connectivity index (χ3v) is 4.01. The van der Waals surface area contributed by atoms with Crippen LogP contribution in [-0.4, -0.2) is 53.6 Å². The Kier molecular flexibility index (Phi) is 5.08. The number of likely N-dealkylation sites (N-methyl/N-ethyl adjacent to an activating group) is 1. The van der Waals surface area contributed by atoms with E-state index in [4.69, 9.17) is 0 Å². The van der Waals surface area contributed by atoms with E-state index in [2.05, 4.69) is 4.90 Å². The molecule has 0 spiro atoms. The number of hydrogen-bond acceptors (Lipinski definition) is 3. The Morgan fingerprint density at radius 2 is 1.73 bits per heavy atom. The summed E-state index contributed by atoms with van der Waals surface area (Å²) in [5, 5.41) is 9.45. The van der Waals surface area contributed by atoms with Crippen LogP contribution in [0.1, 0.15) is 24.1 Å². The van der Waals surface area contributed by atoms with Crippen molar-refractivity contribution in [2.45, 2.75) is 19.1 Å². The molecule has 1 saturated heterocycles. The summed E-state index contributed by atoms with van der Waals surface area (Å²) >= 11 is 0. The quantitative estimate of drug-likeness (QED) is 0.927. The minimum Gasteiger partial charge on any atom is -0.480 e. The van der Waals surface area contributed by atoms with E-state index in [0.717, 1.165) is 31.8 Å². The van der Waals surface area contributed by atoms with E-state index < -0.39 is 23.8 Å². The SMILES string of the molecule is CCN1CCN(C(C(=O)O)c2ccc(C(F)(F)F)cc2)CC1. The predicted octanol–water partition coefficient (Wildman–Crippen LogP) is 2.47. The van der Waals surface area contributed by atoms with Gasteiger partial charge in [-0.3, -0.25) is 9.69 Å². The molecule has 1 aromatic carbocycles. The highest BCUT2D eigenvalue weighted by molar-refractivity contribution is 5.75. The van der Waals surface area contributed by atoms with Gasteiger partial charge in [0.05, 0.1) is 5.56 Å². The topological polar surface area (TPSA) is 43.8 Å². The fourth-order valence-electron chi connectivity index (χ4n) is 2.70. The van der Waals surface area contributed by atoms with Gasteiger partial charge in [-0.15, -0.1) is 0 Å². The van der Waals surface area contributed by atoms with E-state index in [1.165, 1.54) is 12.1 Å². The number of carboxylic acid groups (broad SMARTS) is 1. The number of hydrogen-bond donors (Lipinski definition) is 1. The van der Waals surface area contributed by atoms with Crippen molar-refractivity contribution in [3.8, 4) is 0 Å². The first-order valence-corrected chi connectivity index (χ1v) is 7.19. The van der Waals surface area contributed by atoms with Gasteiger partial charge in [-0.2, -0.15) is 13.2 Å². The fourth-order valence-corrected chi connectivity index (χ4v) is 2.70. The van der Waals surface area contributed by atoms with Gasteiger partial charge in [0.25, 0.3) is 0 Å². The summed E-state index contributed by atoms with van der Waals surface area (Å²) in [6.07, 6.45) is -4.41. The van der Waals surface area contributed by atoms with Crippen LogP contribution >= 0.6 is 0 Å². The number of halogens is 3. The van der Waals surface area contributed by atoms with Gasteiger partial charge >= 0.3 is 12.1 Å². The molecule has 0 aromatic heterocycles.